The third-order valence-corrected chi connectivity index (χ3v) is 6.66. The molecule has 0 saturated heterocycles. The van der Waals surface area contributed by atoms with Gasteiger partial charge in [-0.2, -0.15) is 0 Å². The molecule has 5 nitrogen and oxygen atoms in total. The van der Waals surface area contributed by atoms with Crippen molar-refractivity contribution >= 4 is 34.3 Å². The van der Waals surface area contributed by atoms with Gasteiger partial charge in [0.2, 0.25) is 5.91 Å². The fraction of sp³-hybridized carbons (Fsp3) is 0.160. The molecule has 2 heterocycles. The summed E-state index contributed by atoms with van der Waals surface area (Å²) in [5.41, 5.74) is 2.32. The van der Waals surface area contributed by atoms with E-state index in [1.54, 1.807) is 54.3 Å². The number of thioether (sulfide) groups is 1. The Bertz CT molecular complexity index is 1400. The van der Waals surface area contributed by atoms with Crippen LogP contribution in [-0.4, -0.2) is 27.3 Å². The lowest BCUT2D eigenvalue weighted by Gasteiger charge is -2.22. The lowest BCUT2D eigenvalue weighted by atomic mass is 10.2. The third-order valence-electron chi connectivity index (χ3n) is 5.62. The zero-order valence-electron chi connectivity index (χ0n) is 17.4. The number of carbonyl (C=O) groups excluding carboxylic acids is 1. The van der Waals surface area contributed by atoms with E-state index in [9.17, 15) is 14.0 Å². The predicted molar refractivity (Wildman–Crippen MR) is 125 cm³/mol. The maximum absolute atomic E-state index is 14.7. The highest BCUT2D eigenvalue weighted by Crippen LogP contribution is 2.32. The summed E-state index contributed by atoms with van der Waals surface area (Å²) >= 11 is 1.17. The molecule has 4 aromatic rings. The van der Waals surface area contributed by atoms with Gasteiger partial charge in [-0.15, -0.1) is 0 Å². The van der Waals surface area contributed by atoms with Gasteiger partial charge in [-0.05, 0) is 49.2 Å². The van der Waals surface area contributed by atoms with E-state index in [4.69, 9.17) is 0 Å². The zero-order valence-corrected chi connectivity index (χ0v) is 18.2. The van der Waals surface area contributed by atoms with E-state index in [0.29, 0.717) is 17.4 Å². The Morgan fingerprint density at radius 1 is 1.00 bits per heavy atom. The number of nitrogens with zero attached hydrogens (tertiary/aromatic N) is 3. The summed E-state index contributed by atoms with van der Waals surface area (Å²) in [6, 6.07) is 20.9. The minimum atomic E-state index is -0.527. The summed E-state index contributed by atoms with van der Waals surface area (Å²) in [6.45, 7) is 2.41. The van der Waals surface area contributed by atoms with Crippen LogP contribution >= 0.6 is 11.8 Å². The van der Waals surface area contributed by atoms with Crippen molar-refractivity contribution in [1.29, 1.82) is 0 Å². The molecule has 0 spiro atoms. The van der Waals surface area contributed by atoms with Gasteiger partial charge in [-0.3, -0.25) is 14.2 Å². The summed E-state index contributed by atoms with van der Waals surface area (Å²) in [5, 5.41) is 0.159. The Hall–Kier alpha value is -3.45. The van der Waals surface area contributed by atoms with Gasteiger partial charge in [-0.1, -0.05) is 54.2 Å². The number of halogens is 1. The Kier molecular flexibility index (Phi) is 5.27. The van der Waals surface area contributed by atoms with E-state index >= 15 is 0 Å². The van der Waals surface area contributed by atoms with Crippen LogP contribution in [0.2, 0.25) is 0 Å². The van der Waals surface area contributed by atoms with E-state index in [1.807, 2.05) is 24.3 Å². The first-order chi connectivity index (χ1) is 15.5. The molecule has 5 rings (SSSR count). The van der Waals surface area contributed by atoms with E-state index in [1.165, 1.54) is 22.4 Å². The van der Waals surface area contributed by atoms with Gasteiger partial charge in [0.25, 0.3) is 5.56 Å². The van der Waals surface area contributed by atoms with Gasteiger partial charge in [0.05, 0.1) is 21.8 Å². The van der Waals surface area contributed by atoms with Crippen molar-refractivity contribution in [3.8, 4) is 5.69 Å². The molecule has 0 radical (unpaired) electrons. The molecule has 0 aliphatic carbocycles. The fourth-order valence-corrected chi connectivity index (χ4v) is 5.01. The van der Waals surface area contributed by atoms with Crippen molar-refractivity contribution in [3.63, 3.8) is 0 Å². The van der Waals surface area contributed by atoms with Crippen LogP contribution in [0.15, 0.2) is 82.7 Å². The first-order valence-corrected chi connectivity index (χ1v) is 11.2. The predicted octanol–water partition coefficient (Wildman–Crippen LogP) is 4.59. The number of para-hydroxylation sites is 3. The van der Waals surface area contributed by atoms with Crippen molar-refractivity contribution in [3.05, 3.63) is 94.5 Å². The van der Waals surface area contributed by atoms with Crippen molar-refractivity contribution in [2.45, 2.75) is 23.8 Å². The van der Waals surface area contributed by atoms with Gasteiger partial charge in [0, 0.05) is 12.2 Å². The number of hydrogen-bond donors (Lipinski definition) is 0. The van der Waals surface area contributed by atoms with E-state index in [2.05, 4.69) is 4.98 Å². The molecule has 160 valence electrons. The number of anilines is 1. The normalized spacial score (nSPS) is 13.9. The number of rotatable bonds is 4. The summed E-state index contributed by atoms with van der Waals surface area (Å²) in [7, 11) is 0. The van der Waals surface area contributed by atoms with E-state index in [-0.39, 0.29) is 22.3 Å². The monoisotopic (exact) mass is 445 g/mol. The SMILES string of the molecule is CC(Sc1nc2ccccc2c(=O)n1-c1ccccc1F)C(=O)N1CCc2ccccc21. The molecule has 1 aliphatic rings. The van der Waals surface area contributed by atoms with Gasteiger partial charge >= 0.3 is 0 Å². The molecule has 32 heavy (non-hydrogen) atoms. The number of hydrogen-bond acceptors (Lipinski definition) is 4. The molecular formula is C25H20FN3O2S. The van der Waals surface area contributed by atoms with Crippen LogP contribution in [0.3, 0.4) is 0 Å². The van der Waals surface area contributed by atoms with Crippen molar-refractivity contribution in [2.75, 3.05) is 11.4 Å². The molecule has 0 N–H and O–H groups in total. The largest absolute Gasteiger partial charge is 0.311 e. The number of benzene rings is 3. The minimum Gasteiger partial charge on any atom is -0.311 e. The number of fused-ring (bicyclic) bond motifs is 2. The van der Waals surface area contributed by atoms with Crippen LogP contribution in [0.5, 0.6) is 0 Å². The Balaban J connectivity index is 1.57. The molecular weight excluding hydrogens is 425 g/mol. The van der Waals surface area contributed by atoms with Crippen LogP contribution < -0.4 is 10.5 Å². The Morgan fingerprint density at radius 2 is 1.69 bits per heavy atom. The van der Waals surface area contributed by atoms with Crippen LogP contribution in [0.1, 0.15) is 12.5 Å². The van der Waals surface area contributed by atoms with Crippen LogP contribution in [0.25, 0.3) is 16.6 Å². The maximum Gasteiger partial charge on any atom is 0.266 e. The van der Waals surface area contributed by atoms with E-state index in [0.717, 1.165) is 17.7 Å². The maximum atomic E-state index is 14.7. The minimum absolute atomic E-state index is 0.0672. The Morgan fingerprint density at radius 3 is 2.50 bits per heavy atom. The molecule has 1 amide bonds. The highest BCUT2D eigenvalue weighted by atomic mass is 32.2. The van der Waals surface area contributed by atoms with Crippen LogP contribution in [-0.2, 0) is 11.2 Å². The van der Waals surface area contributed by atoms with Gasteiger partial charge in [0.1, 0.15) is 5.82 Å². The molecule has 1 aromatic heterocycles. The molecule has 0 saturated carbocycles. The number of aromatic nitrogens is 2. The van der Waals surface area contributed by atoms with Gasteiger partial charge in [0.15, 0.2) is 5.16 Å². The molecule has 1 atom stereocenters. The number of amides is 1. The second kappa shape index (κ2) is 8.24. The van der Waals surface area contributed by atoms with Gasteiger partial charge < -0.3 is 4.90 Å². The molecule has 7 heteroatoms. The highest BCUT2D eigenvalue weighted by molar-refractivity contribution is 8.00. The number of carbonyl (C=O) groups is 1. The summed E-state index contributed by atoms with van der Waals surface area (Å²) in [6.07, 6.45) is 0.813. The highest BCUT2D eigenvalue weighted by Gasteiger charge is 2.29. The van der Waals surface area contributed by atoms with Crippen molar-refractivity contribution in [2.24, 2.45) is 0 Å². The van der Waals surface area contributed by atoms with Crippen molar-refractivity contribution in [1.82, 2.24) is 9.55 Å². The van der Waals surface area contributed by atoms with Crippen molar-refractivity contribution < 1.29 is 9.18 Å². The topological polar surface area (TPSA) is 55.2 Å². The lowest BCUT2D eigenvalue weighted by Crippen LogP contribution is -2.35. The molecule has 3 aromatic carbocycles. The zero-order chi connectivity index (χ0) is 22.2. The fourth-order valence-electron chi connectivity index (χ4n) is 4.03. The Labute approximate surface area is 188 Å². The third kappa shape index (κ3) is 3.48. The second-order valence-electron chi connectivity index (χ2n) is 7.63. The average molecular weight is 446 g/mol. The second-order valence-corrected chi connectivity index (χ2v) is 8.94. The first-order valence-electron chi connectivity index (χ1n) is 10.4. The first kappa shape index (κ1) is 20.5. The smallest absolute Gasteiger partial charge is 0.266 e. The summed E-state index contributed by atoms with van der Waals surface area (Å²) < 4.78 is 15.9. The standard InChI is InChI=1S/C25H20FN3O2S/c1-16(23(30)28-15-14-17-8-2-6-12-21(17)28)32-25-27-20-11-5-3-9-18(20)24(31)29(25)22-13-7-4-10-19(22)26/h2-13,16H,14-15H2,1H3. The quantitative estimate of drug-likeness (QED) is 0.340. The van der Waals surface area contributed by atoms with Crippen LogP contribution in [0, 0.1) is 5.82 Å². The molecule has 1 unspecified atom stereocenters. The molecule has 0 fully saturated rings. The summed E-state index contributed by atoms with van der Waals surface area (Å²) in [4.78, 5) is 33.0. The average Bonchev–Trinajstić information content (AvgIpc) is 3.24. The summed E-state index contributed by atoms with van der Waals surface area (Å²) in [5.74, 6) is -0.594. The lowest BCUT2D eigenvalue weighted by molar-refractivity contribution is -0.117. The molecule has 1 aliphatic heterocycles. The molecule has 0 bridgehead atoms. The van der Waals surface area contributed by atoms with Gasteiger partial charge in [-0.25, -0.2) is 9.37 Å². The van der Waals surface area contributed by atoms with Crippen LogP contribution in [0.4, 0.5) is 10.1 Å². The van der Waals surface area contributed by atoms with E-state index < -0.39 is 11.1 Å².